The molecule has 1 atom stereocenters. The number of ether oxygens (including phenoxy) is 1. The summed E-state index contributed by atoms with van der Waals surface area (Å²) in [5, 5.41) is 16.5. The Morgan fingerprint density at radius 2 is 2.06 bits per heavy atom. The van der Waals surface area contributed by atoms with Gasteiger partial charge in [0.2, 0.25) is 5.88 Å². The third kappa shape index (κ3) is 4.01. The Hall–Kier alpha value is -1.37. The van der Waals surface area contributed by atoms with E-state index in [1.165, 1.54) is 19.2 Å². The van der Waals surface area contributed by atoms with Gasteiger partial charge in [0, 0.05) is 12.5 Å². The van der Waals surface area contributed by atoms with Crippen LogP contribution in [0.15, 0.2) is 12.1 Å². The van der Waals surface area contributed by atoms with Crippen LogP contribution in [0, 0.1) is 0 Å². The van der Waals surface area contributed by atoms with Gasteiger partial charge < -0.3 is 9.84 Å². The monoisotopic (exact) mass is 236 g/mol. The Morgan fingerprint density at radius 1 is 1.38 bits per heavy atom. The van der Waals surface area contributed by atoms with E-state index in [1.807, 2.05) is 0 Å². The lowest BCUT2D eigenvalue weighted by molar-refractivity contribution is -0.140. The molecule has 0 bridgehead atoms. The highest BCUT2D eigenvalue weighted by Crippen LogP contribution is 2.26. The van der Waals surface area contributed by atoms with E-state index < -0.39 is 25.1 Å². The second kappa shape index (κ2) is 5.11. The first-order valence-corrected chi connectivity index (χ1v) is 4.55. The third-order valence-electron chi connectivity index (χ3n) is 1.91. The lowest BCUT2D eigenvalue weighted by Gasteiger charge is -2.11. The minimum Gasteiger partial charge on any atom is -0.480 e. The number of hydrogen-bond acceptors (Lipinski definition) is 4. The number of aliphatic hydroxyl groups excluding tert-OH is 1. The van der Waals surface area contributed by atoms with E-state index >= 15 is 0 Å². The molecule has 0 spiro atoms. The molecule has 7 heteroatoms. The topological polar surface area (TPSA) is 55.2 Å². The van der Waals surface area contributed by atoms with Gasteiger partial charge in [-0.3, -0.25) is 0 Å². The highest BCUT2D eigenvalue weighted by molar-refractivity contribution is 5.12. The molecule has 0 saturated heterocycles. The molecule has 0 radical (unpaired) electrons. The fourth-order valence-electron chi connectivity index (χ4n) is 1.07. The summed E-state index contributed by atoms with van der Waals surface area (Å²) in [6, 6.07) is 2.81. The van der Waals surface area contributed by atoms with Crippen molar-refractivity contribution in [3.8, 4) is 5.88 Å². The van der Waals surface area contributed by atoms with Gasteiger partial charge >= 0.3 is 6.18 Å². The molecule has 1 aromatic heterocycles. The van der Waals surface area contributed by atoms with Gasteiger partial charge in [-0.05, 0) is 12.5 Å². The lowest BCUT2D eigenvalue weighted by atomic mass is 10.1. The number of rotatable bonds is 4. The van der Waals surface area contributed by atoms with E-state index in [0.717, 1.165) is 0 Å². The molecule has 1 aromatic rings. The van der Waals surface area contributed by atoms with E-state index in [-0.39, 0.29) is 11.6 Å². The van der Waals surface area contributed by atoms with Crippen molar-refractivity contribution in [1.82, 2.24) is 10.2 Å². The molecule has 0 aliphatic carbocycles. The zero-order chi connectivity index (χ0) is 12.2. The molecule has 0 fully saturated rings. The lowest BCUT2D eigenvalue weighted by Crippen LogP contribution is -2.11. The normalized spacial score (nSPS) is 13.6. The smallest absolute Gasteiger partial charge is 0.389 e. The Kier molecular flexibility index (Phi) is 4.05. The molecule has 1 heterocycles. The van der Waals surface area contributed by atoms with Gasteiger partial charge in [0.05, 0.1) is 18.9 Å². The van der Waals surface area contributed by atoms with Gasteiger partial charge in [0.25, 0.3) is 0 Å². The first-order chi connectivity index (χ1) is 7.42. The minimum atomic E-state index is -4.28. The highest BCUT2D eigenvalue weighted by Gasteiger charge is 2.28. The second-order valence-corrected chi connectivity index (χ2v) is 3.17. The predicted octanol–water partition coefficient (Wildman–Crippen LogP) is 1.86. The maximum absolute atomic E-state index is 11.9. The van der Waals surface area contributed by atoms with Gasteiger partial charge in [-0.15, -0.1) is 10.2 Å². The third-order valence-corrected chi connectivity index (χ3v) is 1.91. The van der Waals surface area contributed by atoms with Crippen molar-refractivity contribution in [2.45, 2.75) is 25.1 Å². The predicted molar refractivity (Wildman–Crippen MR) is 48.8 cm³/mol. The molecule has 1 unspecified atom stereocenters. The van der Waals surface area contributed by atoms with Crippen molar-refractivity contribution >= 4 is 0 Å². The summed E-state index contributed by atoms with van der Waals surface area (Å²) >= 11 is 0. The first kappa shape index (κ1) is 12.7. The molecular formula is C9H11F3N2O2. The van der Waals surface area contributed by atoms with Crippen LogP contribution in [0.5, 0.6) is 5.88 Å². The van der Waals surface area contributed by atoms with E-state index in [0.29, 0.717) is 0 Å². The standard InChI is InChI=1S/C9H11F3N2O2/c1-16-8-3-2-6(13-14-8)7(15)4-5-9(10,11)12/h2-3,7,15H,4-5H2,1H3. The van der Waals surface area contributed by atoms with Crippen molar-refractivity contribution in [2.24, 2.45) is 0 Å². The Labute approximate surface area is 90.1 Å². The maximum atomic E-state index is 11.9. The van der Waals surface area contributed by atoms with Crippen molar-refractivity contribution < 1.29 is 23.0 Å². The summed E-state index contributed by atoms with van der Waals surface area (Å²) in [5.74, 6) is 0.242. The molecule has 16 heavy (non-hydrogen) atoms. The Morgan fingerprint density at radius 3 is 2.50 bits per heavy atom. The second-order valence-electron chi connectivity index (χ2n) is 3.17. The molecule has 1 N–H and O–H groups in total. The number of alkyl halides is 3. The van der Waals surface area contributed by atoms with Crippen molar-refractivity contribution in [3.05, 3.63) is 17.8 Å². The molecule has 90 valence electrons. The summed E-state index contributed by atoms with van der Waals surface area (Å²) in [6.45, 7) is 0. The fourth-order valence-corrected chi connectivity index (χ4v) is 1.07. The van der Waals surface area contributed by atoms with Crippen LogP contribution in [0.2, 0.25) is 0 Å². The van der Waals surface area contributed by atoms with Gasteiger partial charge in [-0.25, -0.2) is 0 Å². The highest BCUT2D eigenvalue weighted by atomic mass is 19.4. The van der Waals surface area contributed by atoms with E-state index in [4.69, 9.17) is 4.74 Å². The largest absolute Gasteiger partial charge is 0.480 e. The van der Waals surface area contributed by atoms with Crippen molar-refractivity contribution in [3.63, 3.8) is 0 Å². The average Bonchev–Trinajstić information content (AvgIpc) is 2.25. The van der Waals surface area contributed by atoms with Crippen LogP contribution in [0.25, 0.3) is 0 Å². The number of methoxy groups -OCH3 is 1. The molecule has 0 aliphatic rings. The van der Waals surface area contributed by atoms with E-state index in [9.17, 15) is 18.3 Å². The molecule has 0 aliphatic heterocycles. The number of hydrogen-bond donors (Lipinski definition) is 1. The SMILES string of the molecule is COc1ccc(C(O)CCC(F)(F)F)nn1. The summed E-state index contributed by atoms with van der Waals surface area (Å²) < 4.78 is 40.4. The quantitative estimate of drug-likeness (QED) is 0.866. The number of aliphatic hydroxyl groups is 1. The molecule has 1 rings (SSSR count). The van der Waals surface area contributed by atoms with Crippen LogP contribution in [0.1, 0.15) is 24.6 Å². The van der Waals surface area contributed by atoms with Crippen LogP contribution in [0.3, 0.4) is 0 Å². The Balaban J connectivity index is 2.56. The first-order valence-electron chi connectivity index (χ1n) is 4.55. The molecule has 0 aromatic carbocycles. The number of aromatic nitrogens is 2. The Bertz CT molecular complexity index is 327. The van der Waals surface area contributed by atoms with Crippen molar-refractivity contribution in [2.75, 3.05) is 7.11 Å². The summed E-state index contributed by atoms with van der Waals surface area (Å²) in [5.41, 5.74) is 0.102. The van der Waals surface area contributed by atoms with Gasteiger partial charge in [-0.1, -0.05) is 0 Å². The van der Waals surface area contributed by atoms with Crippen LogP contribution < -0.4 is 4.74 Å². The molecule has 4 nitrogen and oxygen atoms in total. The van der Waals surface area contributed by atoms with E-state index in [1.54, 1.807) is 0 Å². The molecule has 0 saturated carbocycles. The van der Waals surface area contributed by atoms with Gasteiger partial charge in [0.1, 0.15) is 0 Å². The van der Waals surface area contributed by atoms with Crippen LogP contribution in [0.4, 0.5) is 13.2 Å². The number of nitrogens with zero attached hydrogens (tertiary/aromatic N) is 2. The van der Waals surface area contributed by atoms with Crippen molar-refractivity contribution in [1.29, 1.82) is 0 Å². The van der Waals surface area contributed by atoms with Crippen LogP contribution in [-0.2, 0) is 0 Å². The average molecular weight is 236 g/mol. The van der Waals surface area contributed by atoms with Gasteiger partial charge in [-0.2, -0.15) is 13.2 Å². The maximum Gasteiger partial charge on any atom is 0.389 e. The summed E-state index contributed by atoms with van der Waals surface area (Å²) in [6.07, 6.45) is -7.02. The minimum absolute atomic E-state index is 0.102. The zero-order valence-corrected chi connectivity index (χ0v) is 8.53. The number of halogens is 3. The van der Waals surface area contributed by atoms with E-state index in [2.05, 4.69) is 10.2 Å². The van der Waals surface area contributed by atoms with Gasteiger partial charge in [0.15, 0.2) is 0 Å². The van der Waals surface area contributed by atoms with Crippen LogP contribution in [-0.4, -0.2) is 28.6 Å². The van der Waals surface area contributed by atoms with Crippen LogP contribution >= 0.6 is 0 Å². The molecular weight excluding hydrogens is 225 g/mol. The zero-order valence-electron chi connectivity index (χ0n) is 8.53. The summed E-state index contributed by atoms with van der Waals surface area (Å²) in [7, 11) is 1.39. The summed E-state index contributed by atoms with van der Waals surface area (Å²) in [4.78, 5) is 0. The molecule has 0 amide bonds. The fraction of sp³-hybridized carbons (Fsp3) is 0.556.